The van der Waals surface area contributed by atoms with E-state index in [1.807, 2.05) is 13.0 Å². The van der Waals surface area contributed by atoms with Crippen molar-refractivity contribution in [2.45, 2.75) is 13.8 Å². The van der Waals surface area contributed by atoms with Crippen LogP contribution in [-0.2, 0) is 0 Å². The van der Waals surface area contributed by atoms with Gasteiger partial charge in [-0.2, -0.15) is 0 Å². The Balaban J connectivity index is 1.85. The summed E-state index contributed by atoms with van der Waals surface area (Å²) >= 11 is 5.81. The number of halogens is 1. The van der Waals surface area contributed by atoms with E-state index in [4.69, 9.17) is 20.8 Å². The molecule has 0 atom stereocenters. The number of Topliss-reactive ketones (excluding diaryl/α,β-unsaturated/α-hetero) is 1. The van der Waals surface area contributed by atoms with E-state index in [1.54, 1.807) is 37.3 Å². The van der Waals surface area contributed by atoms with Crippen LogP contribution in [0.5, 0.6) is 5.75 Å². The summed E-state index contributed by atoms with van der Waals surface area (Å²) in [6.45, 7) is 3.54. The fourth-order valence-electron chi connectivity index (χ4n) is 2.52. The number of ether oxygens (including phenoxy) is 1. The third kappa shape index (κ3) is 3.19. The van der Waals surface area contributed by atoms with Crippen molar-refractivity contribution in [2.24, 2.45) is 0 Å². The molecule has 4 nitrogen and oxygen atoms in total. The predicted octanol–water partition coefficient (Wildman–Crippen LogP) is 4.32. The smallest absolute Gasteiger partial charge is 0.336 e. The van der Waals surface area contributed by atoms with Crippen molar-refractivity contribution in [1.29, 1.82) is 0 Å². The van der Waals surface area contributed by atoms with E-state index in [2.05, 4.69) is 0 Å². The summed E-state index contributed by atoms with van der Waals surface area (Å²) in [5.74, 6) is 0.357. The van der Waals surface area contributed by atoms with Crippen molar-refractivity contribution in [2.75, 3.05) is 6.61 Å². The van der Waals surface area contributed by atoms with Gasteiger partial charge in [-0.3, -0.25) is 4.79 Å². The Morgan fingerprint density at radius 3 is 2.54 bits per heavy atom. The first-order chi connectivity index (χ1) is 11.5. The van der Waals surface area contributed by atoms with E-state index in [0.29, 0.717) is 27.5 Å². The Hall–Kier alpha value is -2.59. The van der Waals surface area contributed by atoms with Gasteiger partial charge in [0.1, 0.15) is 11.3 Å². The fourth-order valence-corrected chi connectivity index (χ4v) is 2.65. The maximum atomic E-state index is 12.2. The van der Waals surface area contributed by atoms with E-state index >= 15 is 0 Å². The molecule has 5 heteroatoms. The number of carbonyl (C=O) groups is 1. The lowest BCUT2D eigenvalue weighted by atomic mass is 10.1. The maximum absolute atomic E-state index is 12.2. The van der Waals surface area contributed by atoms with Gasteiger partial charge in [-0.25, -0.2) is 4.79 Å². The first-order valence-electron chi connectivity index (χ1n) is 7.41. The van der Waals surface area contributed by atoms with Crippen LogP contribution in [0.4, 0.5) is 0 Å². The molecule has 0 aliphatic carbocycles. The predicted molar refractivity (Wildman–Crippen MR) is 93.2 cm³/mol. The summed E-state index contributed by atoms with van der Waals surface area (Å²) in [5.41, 5.74) is 2.14. The van der Waals surface area contributed by atoms with Gasteiger partial charge in [-0.05, 0) is 55.8 Å². The second-order valence-corrected chi connectivity index (χ2v) is 5.97. The standard InChI is InChI=1S/C19H15ClO4/c1-11-9-18(22)24-19-12(2)17(8-7-15(11)19)23-10-16(21)13-3-5-14(20)6-4-13/h3-9H,10H2,1-2H3. The molecular weight excluding hydrogens is 328 g/mol. The summed E-state index contributed by atoms with van der Waals surface area (Å²) < 4.78 is 10.9. The molecule has 0 amide bonds. The summed E-state index contributed by atoms with van der Waals surface area (Å²) in [6.07, 6.45) is 0. The summed E-state index contributed by atoms with van der Waals surface area (Å²) in [7, 11) is 0. The van der Waals surface area contributed by atoms with Gasteiger partial charge in [-0.15, -0.1) is 0 Å². The molecule has 122 valence electrons. The van der Waals surface area contributed by atoms with Crippen LogP contribution in [0.3, 0.4) is 0 Å². The maximum Gasteiger partial charge on any atom is 0.336 e. The summed E-state index contributed by atoms with van der Waals surface area (Å²) in [6, 6.07) is 11.7. The van der Waals surface area contributed by atoms with E-state index in [1.165, 1.54) is 6.07 Å². The van der Waals surface area contributed by atoms with Crippen molar-refractivity contribution in [1.82, 2.24) is 0 Å². The second-order valence-electron chi connectivity index (χ2n) is 5.53. The number of rotatable bonds is 4. The van der Waals surface area contributed by atoms with Gasteiger partial charge in [0.15, 0.2) is 12.4 Å². The molecule has 0 spiro atoms. The van der Waals surface area contributed by atoms with Crippen LogP contribution in [0.25, 0.3) is 11.0 Å². The van der Waals surface area contributed by atoms with E-state index in [9.17, 15) is 9.59 Å². The number of aryl methyl sites for hydroxylation is 2. The highest BCUT2D eigenvalue weighted by Gasteiger charge is 2.12. The molecule has 2 aromatic carbocycles. The van der Waals surface area contributed by atoms with Gasteiger partial charge < -0.3 is 9.15 Å². The molecule has 0 N–H and O–H groups in total. The minimum Gasteiger partial charge on any atom is -0.485 e. The highest BCUT2D eigenvalue weighted by molar-refractivity contribution is 6.30. The van der Waals surface area contributed by atoms with Gasteiger partial charge >= 0.3 is 5.63 Å². The number of carbonyl (C=O) groups excluding carboxylic acids is 1. The van der Waals surface area contributed by atoms with Crippen LogP contribution in [0.1, 0.15) is 21.5 Å². The number of hydrogen-bond donors (Lipinski definition) is 0. The third-order valence-electron chi connectivity index (χ3n) is 3.84. The normalized spacial score (nSPS) is 10.8. The molecule has 0 unspecified atom stereocenters. The molecule has 0 radical (unpaired) electrons. The van der Waals surface area contributed by atoms with Gasteiger partial charge in [0.25, 0.3) is 0 Å². The zero-order valence-corrected chi connectivity index (χ0v) is 14.0. The zero-order valence-electron chi connectivity index (χ0n) is 13.3. The molecule has 3 rings (SSSR count). The van der Waals surface area contributed by atoms with Gasteiger partial charge in [0.05, 0.1) is 0 Å². The van der Waals surface area contributed by atoms with Crippen LogP contribution in [0, 0.1) is 13.8 Å². The molecule has 0 aliphatic rings. The van der Waals surface area contributed by atoms with E-state index < -0.39 is 5.63 Å². The van der Waals surface area contributed by atoms with Crippen molar-refractivity contribution in [3.8, 4) is 5.75 Å². The molecule has 0 bridgehead atoms. The lowest BCUT2D eigenvalue weighted by molar-refractivity contribution is 0.0921. The minimum absolute atomic E-state index is 0.107. The minimum atomic E-state index is -0.405. The van der Waals surface area contributed by atoms with Crippen LogP contribution in [0.15, 0.2) is 51.7 Å². The Kier molecular flexibility index (Phi) is 4.40. The van der Waals surface area contributed by atoms with Gasteiger partial charge in [0.2, 0.25) is 0 Å². The van der Waals surface area contributed by atoms with Crippen molar-refractivity contribution in [3.63, 3.8) is 0 Å². The van der Waals surface area contributed by atoms with Gasteiger partial charge in [0, 0.05) is 27.6 Å². The topological polar surface area (TPSA) is 56.5 Å². The first-order valence-corrected chi connectivity index (χ1v) is 7.79. The number of benzene rings is 2. The quantitative estimate of drug-likeness (QED) is 0.523. The SMILES string of the molecule is Cc1cc(=O)oc2c(C)c(OCC(=O)c3ccc(Cl)cc3)ccc12. The molecule has 24 heavy (non-hydrogen) atoms. The summed E-state index contributed by atoms with van der Waals surface area (Å²) in [4.78, 5) is 23.7. The zero-order chi connectivity index (χ0) is 17.3. The van der Waals surface area contributed by atoms with Crippen LogP contribution in [-0.4, -0.2) is 12.4 Å². The molecule has 1 aromatic heterocycles. The third-order valence-corrected chi connectivity index (χ3v) is 4.09. The molecule has 0 fully saturated rings. The largest absolute Gasteiger partial charge is 0.485 e. The van der Waals surface area contributed by atoms with Crippen LogP contribution >= 0.6 is 11.6 Å². The lowest BCUT2D eigenvalue weighted by Crippen LogP contribution is -2.12. The Labute approximate surface area is 143 Å². The van der Waals surface area contributed by atoms with Crippen molar-refractivity contribution < 1.29 is 13.9 Å². The lowest BCUT2D eigenvalue weighted by Gasteiger charge is -2.11. The molecular formula is C19H15ClO4. The number of ketones is 1. The Bertz CT molecular complexity index is 971. The highest BCUT2D eigenvalue weighted by Crippen LogP contribution is 2.28. The molecule has 3 aromatic rings. The summed E-state index contributed by atoms with van der Waals surface area (Å²) in [5, 5.41) is 1.42. The van der Waals surface area contributed by atoms with Gasteiger partial charge in [-0.1, -0.05) is 11.6 Å². The molecule has 1 heterocycles. The second kappa shape index (κ2) is 6.49. The average Bonchev–Trinajstić information content (AvgIpc) is 2.55. The number of hydrogen-bond acceptors (Lipinski definition) is 4. The van der Waals surface area contributed by atoms with E-state index in [-0.39, 0.29) is 12.4 Å². The first kappa shape index (κ1) is 16.3. The molecule has 0 saturated carbocycles. The van der Waals surface area contributed by atoms with Crippen LogP contribution in [0.2, 0.25) is 5.02 Å². The molecule has 0 aliphatic heterocycles. The molecule has 0 saturated heterocycles. The average molecular weight is 343 g/mol. The van der Waals surface area contributed by atoms with E-state index in [0.717, 1.165) is 10.9 Å². The Morgan fingerprint density at radius 2 is 1.83 bits per heavy atom. The van der Waals surface area contributed by atoms with Crippen LogP contribution < -0.4 is 10.4 Å². The Morgan fingerprint density at radius 1 is 1.12 bits per heavy atom. The monoisotopic (exact) mass is 342 g/mol. The number of fused-ring (bicyclic) bond motifs is 1. The fraction of sp³-hybridized carbons (Fsp3) is 0.158. The highest BCUT2D eigenvalue weighted by atomic mass is 35.5. The van der Waals surface area contributed by atoms with Crippen molar-refractivity contribution >= 4 is 28.4 Å². The van der Waals surface area contributed by atoms with Crippen molar-refractivity contribution in [3.05, 3.63) is 74.6 Å².